The predicted molar refractivity (Wildman–Crippen MR) is 77.9 cm³/mol. The first-order chi connectivity index (χ1) is 9.56. The van der Waals surface area contributed by atoms with Gasteiger partial charge >= 0.3 is 0 Å². The van der Waals surface area contributed by atoms with Gasteiger partial charge in [0.1, 0.15) is 15.2 Å². The minimum absolute atomic E-state index is 0.302. The molecule has 0 amide bonds. The molecule has 1 saturated carbocycles. The van der Waals surface area contributed by atoms with Crippen molar-refractivity contribution in [2.45, 2.75) is 42.7 Å². The fourth-order valence-electron chi connectivity index (χ4n) is 3.47. The van der Waals surface area contributed by atoms with E-state index < -0.39 is 10.0 Å². The smallest absolute Gasteiger partial charge is 0.206 e. The van der Waals surface area contributed by atoms with Crippen molar-refractivity contribution in [1.29, 1.82) is 5.26 Å². The summed E-state index contributed by atoms with van der Waals surface area (Å²) < 4.78 is 27.0. The predicted octanol–water partition coefficient (Wildman–Crippen LogP) is 2.96. The van der Waals surface area contributed by atoms with Crippen LogP contribution in [0.1, 0.15) is 43.4 Å². The Morgan fingerprint density at radius 3 is 2.35 bits per heavy atom. The number of thiophene rings is 1. The molecular formula is C14H18N2O2S2. The van der Waals surface area contributed by atoms with E-state index in [4.69, 9.17) is 5.26 Å². The second-order valence-electron chi connectivity index (χ2n) is 5.84. The van der Waals surface area contributed by atoms with Gasteiger partial charge in [0, 0.05) is 13.1 Å². The second-order valence-corrected chi connectivity index (χ2v) is 9.09. The highest BCUT2D eigenvalue weighted by molar-refractivity contribution is 7.91. The van der Waals surface area contributed by atoms with Crippen LogP contribution in [0, 0.1) is 16.7 Å². The number of nitriles is 1. The van der Waals surface area contributed by atoms with Crippen LogP contribution in [-0.2, 0) is 10.0 Å². The highest BCUT2D eigenvalue weighted by atomic mass is 32.2. The van der Waals surface area contributed by atoms with E-state index in [1.54, 1.807) is 16.4 Å². The number of piperidine rings is 1. The van der Waals surface area contributed by atoms with Crippen molar-refractivity contribution in [3.63, 3.8) is 0 Å². The first-order valence-electron chi connectivity index (χ1n) is 7.06. The van der Waals surface area contributed by atoms with Crippen molar-refractivity contribution < 1.29 is 8.42 Å². The Kier molecular flexibility index (Phi) is 3.61. The van der Waals surface area contributed by atoms with E-state index in [2.05, 4.69) is 0 Å². The van der Waals surface area contributed by atoms with Gasteiger partial charge in [0.2, 0.25) is 0 Å². The molecule has 1 aliphatic carbocycles. The molecular weight excluding hydrogens is 292 g/mol. The lowest BCUT2D eigenvalue weighted by molar-refractivity contribution is 0.160. The molecule has 1 aromatic heterocycles. The molecule has 20 heavy (non-hydrogen) atoms. The second kappa shape index (κ2) is 5.14. The zero-order valence-electron chi connectivity index (χ0n) is 11.3. The SMILES string of the molecule is N#Cc1ccc(S(=O)(=O)N2CCC3(CCCC3)CC2)s1. The summed E-state index contributed by atoms with van der Waals surface area (Å²) in [6.07, 6.45) is 7.09. The van der Waals surface area contributed by atoms with Crippen LogP contribution in [-0.4, -0.2) is 25.8 Å². The van der Waals surface area contributed by atoms with Crippen molar-refractivity contribution in [2.75, 3.05) is 13.1 Å². The number of hydrogen-bond donors (Lipinski definition) is 0. The standard InChI is InChI=1S/C14H18N2O2S2/c15-11-12-3-4-13(19-12)20(17,18)16-9-7-14(8-10-16)5-1-2-6-14/h3-4H,1-2,5-10H2. The van der Waals surface area contributed by atoms with Crippen LogP contribution < -0.4 is 0 Å². The summed E-state index contributed by atoms with van der Waals surface area (Å²) in [6, 6.07) is 5.13. The molecule has 6 heteroatoms. The molecule has 1 aromatic rings. The largest absolute Gasteiger partial charge is 0.252 e. The highest BCUT2D eigenvalue weighted by Crippen LogP contribution is 2.46. The molecule has 0 aromatic carbocycles. The topological polar surface area (TPSA) is 61.2 Å². The van der Waals surface area contributed by atoms with Gasteiger partial charge in [-0.1, -0.05) is 12.8 Å². The molecule has 1 aliphatic heterocycles. The Hall–Kier alpha value is -0.900. The Morgan fingerprint density at radius 2 is 1.80 bits per heavy atom. The number of rotatable bonds is 2. The fourth-order valence-corrected chi connectivity index (χ4v) is 6.17. The fraction of sp³-hybridized carbons (Fsp3) is 0.643. The lowest BCUT2D eigenvalue weighted by atomic mass is 9.78. The summed E-state index contributed by atoms with van der Waals surface area (Å²) in [7, 11) is -3.40. The highest BCUT2D eigenvalue weighted by Gasteiger charge is 2.40. The van der Waals surface area contributed by atoms with Gasteiger partial charge < -0.3 is 0 Å². The van der Waals surface area contributed by atoms with Crippen LogP contribution in [0.3, 0.4) is 0 Å². The van der Waals surface area contributed by atoms with Gasteiger partial charge in [0.05, 0.1) is 0 Å². The number of sulfonamides is 1. The van der Waals surface area contributed by atoms with Gasteiger partial charge in [-0.3, -0.25) is 0 Å². The van der Waals surface area contributed by atoms with Crippen LogP contribution in [0.4, 0.5) is 0 Å². The van der Waals surface area contributed by atoms with Crippen molar-refractivity contribution in [2.24, 2.45) is 5.41 Å². The van der Waals surface area contributed by atoms with Gasteiger partial charge in [-0.25, -0.2) is 8.42 Å². The van der Waals surface area contributed by atoms with Gasteiger partial charge in [0.25, 0.3) is 10.0 Å². The minimum atomic E-state index is -3.40. The Bertz CT molecular complexity index is 626. The monoisotopic (exact) mass is 310 g/mol. The zero-order valence-corrected chi connectivity index (χ0v) is 13.0. The molecule has 108 valence electrons. The third kappa shape index (κ3) is 2.39. The van der Waals surface area contributed by atoms with Crippen molar-refractivity contribution in [1.82, 2.24) is 4.31 Å². The lowest BCUT2D eigenvalue weighted by Crippen LogP contribution is -2.41. The quantitative estimate of drug-likeness (QED) is 0.843. The molecule has 4 nitrogen and oxygen atoms in total. The number of hydrogen-bond acceptors (Lipinski definition) is 4. The van der Waals surface area contributed by atoms with Gasteiger partial charge in [0.15, 0.2) is 0 Å². The number of nitrogens with zero attached hydrogens (tertiary/aromatic N) is 2. The molecule has 0 unspecified atom stereocenters. The molecule has 0 atom stereocenters. The first kappa shape index (κ1) is 14.1. The van der Waals surface area contributed by atoms with E-state index in [9.17, 15) is 8.42 Å². The van der Waals surface area contributed by atoms with Gasteiger partial charge in [-0.15, -0.1) is 11.3 Å². The Morgan fingerprint density at radius 1 is 1.15 bits per heavy atom. The maximum absolute atomic E-state index is 12.5. The Labute approximate surface area is 124 Å². The zero-order chi connectivity index (χ0) is 14.2. The van der Waals surface area contributed by atoms with E-state index in [1.165, 1.54) is 25.7 Å². The third-order valence-corrected chi connectivity index (χ3v) is 8.09. The average Bonchev–Trinajstić information content (AvgIpc) is 3.09. The van der Waals surface area contributed by atoms with Crippen molar-refractivity contribution >= 4 is 21.4 Å². The van der Waals surface area contributed by atoms with Crippen LogP contribution in [0.25, 0.3) is 0 Å². The van der Waals surface area contributed by atoms with E-state index in [-0.39, 0.29) is 0 Å². The van der Waals surface area contributed by atoms with Crippen LogP contribution in [0.15, 0.2) is 16.3 Å². The molecule has 1 saturated heterocycles. The average molecular weight is 310 g/mol. The summed E-state index contributed by atoms with van der Waals surface area (Å²) in [5, 5.41) is 8.82. The maximum Gasteiger partial charge on any atom is 0.252 e. The van der Waals surface area contributed by atoms with Gasteiger partial charge in [-0.05, 0) is 43.2 Å². The van der Waals surface area contributed by atoms with Crippen molar-refractivity contribution in [3.8, 4) is 6.07 Å². The van der Waals surface area contributed by atoms with Crippen molar-refractivity contribution in [3.05, 3.63) is 17.0 Å². The summed E-state index contributed by atoms with van der Waals surface area (Å²) in [4.78, 5) is 0.452. The summed E-state index contributed by atoms with van der Waals surface area (Å²) in [5.41, 5.74) is 0.416. The third-order valence-electron chi connectivity index (χ3n) is 4.73. The molecule has 1 spiro atoms. The van der Waals surface area contributed by atoms with Crippen LogP contribution >= 0.6 is 11.3 Å². The van der Waals surface area contributed by atoms with E-state index in [1.807, 2.05) is 6.07 Å². The minimum Gasteiger partial charge on any atom is -0.206 e. The molecule has 0 radical (unpaired) electrons. The molecule has 2 heterocycles. The lowest BCUT2D eigenvalue weighted by Gasteiger charge is -2.38. The van der Waals surface area contributed by atoms with E-state index in [0.29, 0.717) is 27.6 Å². The van der Waals surface area contributed by atoms with E-state index >= 15 is 0 Å². The molecule has 0 N–H and O–H groups in total. The normalized spacial score (nSPS) is 22.9. The molecule has 2 fully saturated rings. The molecule has 2 aliphatic rings. The van der Waals surface area contributed by atoms with E-state index in [0.717, 1.165) is 24.2 Å². The van der Waals surface area contributed by atoms with Crippen LogP contribution in [0.5, 0.6) is 0 Å². The molecule has 0 bridgehead atoms. The maximum atomic E-state index is 12.5. The first-order valence-corrected chi connectivity index (χ1v) is 9.32. The molecule has 3 rings (SSSR count). The summed E-state index contributed by atoms with van der Waals surface area (Å²) in [5.74, 6) is 0. The summed E-state index contributed by atoms with van der Waals surface area (Å²) in [6.45, 7) is 1.25. The van der Waals surface area contributed by atoms with Gasteiger partial charge in [-0.2, -0.15) is 9.57 Å². The van der Waals surface area contributed by atoms with Crippen LogP contribution in [0.2, 0.25) is 0 Å². The Balaban J connectivity index is 1.75. The summed E-state index contributed by atoms with van der Waals surface area (Å²) >= 11 is 1.07.